The third-order valence-corrected chi connectivity index (χ3v) is 2.67. The van der Waals surface area contributed by atoms with Crippen molar-refractivity contribution in [3.8, 4) is 5.75 Å². The predicted molar refractivity (Wildman–Crippen MR) is 75.0 cm³/mol. The highest BCUT2D eigenvalue weighted by Crippen LogP contribution is 2.12. The normalized spacial score (nSPS) is 9.95. The predicted octanol–water partition coefficient (Wildman–Crippen LogP) is 0.488. The molecule has 0 radical (unpaired) electrons. The van der Waals surface area contributed by atoms with E-state index in [1.165, 1.54) is 29.2 Å². The van der Waals surface area contributed by atoms with Crippen LogP contribution in [0.15, 0.2) is 24.3 Å². The van der Waals surface area contributed by atoms with E-state index in [4.69, 9.17) is 15.6 Å². The maximum absolute atomic E-state index is 11.9. The molecule has 1 aromatic rings. The smallest absolute Gasteiger partial charge is 0.323 e. The molecule has 1 rings (SSSR count). The summed E-state index contributed by atoms with van der Waals surface area (Å²) in [6, 6.07) is 6.02. The number of nitrogens with zero attached hydrogens (tertiary/aromatic N) is 1. The molecule has 7 nitrogen and oxygen atoms in total. The number of carboxylic acids is 1. The van der Waals surface area contributed by atoms with Gasteiger partial charge in [0.05, 0.1) is 0 Å². The van der Waals surface area contributed by atoms with Crippen molar-refractivity contribution >= 4 is 17.8 Å². The number of rotatable bonds is 8. The fraction of sp³-hybridized carbons (Fsp3) is 0.357. The van der Waals surface area contributed by atoms with Gasteiger partial charge in [0, 0.05) is 12.1 Å². The van der Waals surface area contributed by atoms with E-state index >= 15 is 0 Å². The van der Waals surface area contributed by atoms with E-state index in [1.807, 2.05) is 6.92 Å². The highest BCUT2D eigenvalue weighted by atomic mass is 16.5. The lowest BCUT2D eigenvalue weighted by molar-refractivity contribution is -0.145. The van der Waals surface area contributed by atoms with Gasteiger partial charge in [-0.25, -0.2) is 0 Å². The second-order valence-corrected chi connectivity index (χ2v) is 4.39. The monoisotopic (exact) mass is 294 g/mol. The highest BCUT2D eigenvalue weighted by molar-refractivity contribution is 5.92. The summed E-state index contributed by atoms with van der Waals surface area (Å²) in [6.45, 7) is 1.60. The fourth-order valence-electron chi connectivity index (χ4n) is 1.68. The Morgan fingerprint density at radius 3 is 2.33 bits per heavy atom. The van der Waals surface area contributed by atoms with Gasteiger partial charge in [0.25, 0.3) is 5.91 Å². The molecular weight excluding hydrogens is 276 g/mol. The molecule has 0 aliphatic carbocycles. The summed E-state index contributed by atoms with van der Waals surface area (Å²) in [7, 11) is 0. The largest absolute Gasteiger partial charge is 0.484 e. The van der Waals surface area contributed by atoms with Gasteiger partial charge in [0.15, 0.2) is 6.61 Å². The first-order valence-corrected chi connectivity index (χ1v) is 6.46. The first-order valence-electron chi connectivity index (χ1n) is 6.46. The highest BCUT2D eigenvalue weighted by Gasteiger charge is 2.16. The molecule has 0 saturated heterocycles. The van der Waals surface area contributed by atoms with Crippen LogP contribution in [0.1, 0.15) is 23.7 Å². The molecule has 7 heteroatoms. The average molecular weight is 294 g/mol. The molecule has 1 aromatic carbocycles. The lowest BCUT2D eigenvalue weighted by Crippen LogP contribution is -2.39. The minimum atomic E-state index is -1.07. The van der Waals surface area contributed by atoms with Crippen LogP contribution < -0.4 is 10.5 Å². The van der Waals surface area contributed by atoms with E-state index in [0.29, 0.717) is 24.3 Å². The van der Waals surface area contributed by atoms with Gasteiger partial charge in [0.2, 0.25) is 5.91 Å². The molecule has 0 aliphatic rings. The Morgan fingerprint density at radius 2 is 1.86 bits per heavy atom. The molecule has 0 bridgehead atoms. The molecule has 0 aliphatic heterocycles. The summed E-state index contributed by atoms with van der Waals surface area (Å²) in [5, 5.41) is 8.75. The van der Waals surface area contributed by atoms with Crippen molar-refractivity contribution in [1.29, 1.82) is 0 Å². The van der Waals surface area contributed by atoms with Crippen LogP contribution in [0.2, 0.25) is 0 Å². The number of primary amides is 1. The molecule has 3 N–H and O–H groups in total. The fourth-order valence-corrected chi connectivity index (χ4v) is 1.68. The van der Waals surface area contributed by atoms with Crippen LogP contribution in [-0.2, 0) is 9.59 Å². The molecule has 0 heterocycles. The Kier molecular flexibility index (Phi) is 6.19. The van der Waals surface area contributed by atoms with Crippen molar-refractivity contribution in [2.45, 2.75) is 13.3 Å². The second-order valence-electron chi connectivity index (χ2n) is 4.39. The number of amides is 2. The number of hydrogen-bond acceptors (Lipinski definition) is 4. The van der Waals surface area contributed by atoms with E-state index in [-0.39, 0.29) is 13.2 Å². The zero-order chi connectivity index (χ0) is 15.8. The lowest BCUT2D eigenvalue weighted by Gasteiger charge is -2.20. The molecule has 21 heavy (non-hydrogen) atoms. The van der Waals surface area contributed by atoms with Crippen LogP contribution in [0, 0.1) is 0 Å². The molecule has 2 amide bonds. The topological polar surface area (TPSA) is 110 Å². The number of carbonyl (C=O) groups is 3. The van der Waals surface area contributed by atoms with Gasteiger partial charge in [-0.05, 0) is 30.7 Å². The van der Waals surface area contributed by atoms with Crippen molar-refractivity contribution in [2.75, 3.05) is 19.7 Å². The van der Waals surface area contributed by atoms with Crippen molar-refractivity contribution < 1.29 is 24.2 Å². The quantitative estimate of drug-likeness (QED) is 0.725. The SMILES string of the molecule is CCCN(CC(=O)O)C(=O)COc1ccc(C(N)=O)cc1. The van der Waals surface area contributed by atoms with Crippen molar-refractivity contribution in [3.05, 3.63) is 29.8 Å². The minimum Gasteiger partial charge on any atom is -0.484 e. The third kappa shape index (κ3) is 5.52. The van der Waals surface area contributed by atoms with Gasteiger partial charge < -0.3 is 20.5 Å². The van der Waals surface area contributed by atoms with Crippen LogP contribution in [0.3, 0.4) is 0 Å². The van der Waals surface area contributed by atoms with Gasteiger partial charge >= 0.3 is 5.97 Å². The van der Waals surface area contributed by atoms with Gasteiger partial charge in [-0.1, -0.05) is 6.92 Å². The van der Waals surface area contributed by atoms with Crippen LogP contribution >= 0.6 is 0 Å². The summed E-state index contributed by atoms with van der Waals surface area (Å²) in [4.78, 5) is 34.7. The number of nitrogens with two attached hydrogens (primary N) is 1. The van der Waals surface area contributed by atoms with Crippen LogP contribution in [0.25, 0.3) is 0 Å². The zero-order valence-electron chi connectivity index (χ0n) is 11.7. The maximum atomic E-state index is 11.9. The Bertz CT molecular complexity index is 513. The van der Waals surface area contributed by atoms with Crippen LogP contribution in [0.4, 0.5) is 0 Å². The van der Waals surface area contributed by atoms with E-state index in [1.54, 1.807) is 0 Å². The van der Waals surface area contributed by atoms with Crippen LogP contribution in [0.5, 0.6) is 5.75 Å². The van der Waals surface area contributed by atoms with E-state index < -0.39 is 17.8 Å². The Balaban J connectivity index is 2.57. The summed E-state index contributed by atoms with van der Waals surface area (Å²) in [6.07, 6.45) is 0.659. The van der Waals surface area contributed by atoms with E-state index in [9.17, 15) is 14.4 Å². The molecular formula is C14H18N2O5. The summed E-state index contributed by atoms with van der Waals surface area (Å²) in [5.74, 6) is -1.62. The third-order valence-electron chi connectivity index (χ3n) is 2.67. The summed E-state index contributed by atoms with van der Waals surface area (Å²) in [5.41, 5.74) is 5.45. The molecule has 114 valence electrons. The first-order chi connectivity index (χ1) is 9.93. The molecule has 0 atom stereocenters. The molecule has 0 saturated carbocycles. The van der Waals surface area contributed by atoms with Gasteiger partial charge in [-0.15, -0.1) is 0 Å². The number of aliphatic carboxylic acids is 1. The minimum absolute atomic E-state index is 0.261. The van der Waals surface area contributed by atoms with Gasteiger partial charge in [0.1, 0.15) is 12.3 Å². The van der Waals surface area contributed by atoms with Crippen LogP contribution in [-0.4, -0.2) is 47.5 Å². The van der Waals surface area contributed by atoms with Crippen molar-refractivity contribution in [2.24, 2.45) is 5.73 Å². The van der Waals surface area contributed by atoms with E-state index in [2.05, 4.69) is 0 Å². The number of ether oxygens (including phenoxy) is 1. The van der Waals surface area contributed by atoms with Gasteiger partial charge in [-0.3, -0.25) is 14.4 Å². The van der Waals surface area contributed by atoms with Crippen molar-refractivity contribution in [1.82, 2.24) is 4.90 Å². The number of hydrogen-bond donors (Lipinski definition) is 2. The molecule has 0 unspecified atom stereocenters. The molecule has 0 fully saturated rings. The maximum Gasteiger partial charge on any atom is 0.323 e. The Labute approximate surface area is 122 Å². The number of carbonyl (C=O) groups excluding carboxylic acids is 2. The summed E-state index contributed by atoms with van der Waals surface area (Å²) < 4.78 is 5.28. The molecule has 0 spiro atoms. The van der Waals surface area contributed by atoms with Gasteiger partial charge in [-0.2, -0.15) is 0 Å². The second kappa shape index (κ2) is 7.88. The Morgan fingerprint density at radius 1 is 1.24 bits per heavy atom. The summed E-state index contributed by atoms with van der Waals surface area (Å²) >= 11 is 0. The standard InChI is InChI=1S/C14H18N2O5/c1-2-7-16(8-13(18)19)12(17)9-21-11-5-3-10(4-6-11)14(15)20/h3-6H,2,7-9H2,1H3,(H2,15,20)(H,18,19). The lowest BCUT2D eigenvalue weighted by atomic mass is 10.2. The van der Waals surface area contributed by atoms with Crippen molar-refractivity contribution in [3.63, 3.8) is 0 Å². The average Bonchev–Trinajstić information content (AvgIpc) is 2.44. The Hall–Kier alpha value is -2.57. The number of benzene rings is 1. The van der Waals surface area contributed by atoms with E-state index in [0.717, 1.165) is 0 Å². The number of carboxylic acid groups (broad SMARTS) is 1. The molecule has 0 aromatic heterocycles. The first kappa shape index (κ1) is 16.5. The zero-order valence-corrected chi connectivity index (χ0v) is 11.7.